The van der Waals surface area contributed by atoms with Crippen LogP contribution in [0.1, 0.15) is 27.3 Å². The lowest BCUT2D eigenvalue weighted by molar-refractivity contribution is -0.142. The number of amides is 1. The maximum atomic E-state index is 12.6. The van der Waals surface area contributed by atoms with Gasteiger partial charge in [-0.2, -0.15) is 5.10 Å². The van der Waals surface area contributed by atoms with Crippen LogP contribution < -0.4 is 5.32 Å². The van der Waals surface area contributed by atoms with Gasteiger partial charge in [0, 0.05) is 5.69 Å². The number of anilines is 1. The molecule has 1 amide bonds. The number of para-hydroxylation sites is 1. The molecule has 1 N–H and O–H groups in total. The molecule has 0 saturated carbocycles. The molecule has 2 aromatic carbocycles. The normalized spacial score (nSPS) is 10.4. The number of hydrogen-bond acceptors (Lipinski definition) is 5. The van der Waals surface area contributed by atoms with E-state index in [2.05, 4.69) is 10.4 Å². The number of Topliss-reactive ketones (excluding diaryl/α,β-unsaturated/α-hetero) is 1. The highest BCUT2D eigenvalue weighted by Crippen LogP contribution is 2.19. The molecule has 1 heterocycles. The fraction of sp³-hybridized carbons (Fsp3) is 0.182. The number of nitrogens with zero attached hydrogens (tertiary/aromatic N) is 2. The summed E-state index contributed by atoms with van der Waals surface area (Å²) in [6, 6.07) is 16.5. The van der Waals surface area contributed by atoms with Crippen molar-refractivity contribution in [3.8, 4) is 5.69 Å². The standard InChI is InChI=1S/C22H21N3O4/c1-14-9-11-17(12-10-14)23-19(26)13-29-22(28)21(27)20-15(2)24-25(16(20)3)18-7-5-4-6-8-18/h4-12H,13H2,1-3H3,(H,23,26). The number of hydrogen-bond donors (Lipinski definition) is 1. The average molecular weight is 391 g/mol. The summed E-state index contributed by atoms with van der Waals surface area (Å²) in [5.74, 6) is -2.45. The molecule has 0 unspecified atom stereocenters. The van der Waals surface area contributed by atoms with Crippen LogP contribution in [0.15, 0.2) is 54.6 Å². The second kappa shape index (κ2) is 8.52. The molecular weight excluding hydrogens is 370 g/mol. The monoisotopic (exact) mass is 391 g/mol. The zero-order valence-corrected chi connectivity index (χ0v) is 16.4. The van der Waals surface area contributed by atoms with Gasteiger partial charge in [-0.25, -0.2) is 9.48 Å². The van der Waals surface area contributed by atoms with Crippen molar-refractivity contribution in [1.29, 1.82) is 0 Å². The topological polar surface area (TPSA) is 90.3 Å². The van der Waals surface area contributed by atoms with E-state index in [4.69, 9.17) is 4.74 Å². The number of carbonyl (C=O) groups excluding carboxylic acids is 3. The number of ether oxygens (including phenoxy) is 1. The van der Waals surface area contributed by atoms with E-state index in [0.29, 0.717) is 17.1 Å². The highest BCUT2D eigenvalue weighted by atomic mass is 16.5. The SMILES string of the molecule is Cc1ccc(NC(=O)COC(=O)C(=O)c2c(C)nn(-c3ccccc3)c2C)cc1. The molecule has 0 radical (unpaired) electrons. The molecule has 0 bridgehead atoms. The van der Waals surface area contributed by atoms with Crippen molar-refractivity contribution in [3.05, 3.63) is 77.1 Å². The summed E-state index contributed by atoms with van der Waals surface area (Å²) >= 11 is 0. The Hall–Kier alpha value is -3.74. The molecule has 29 heavy (non-hydrogen) atoms. The van der Waals surface area contributed by atoms with Gasteiger partial charge < -0.3 is 10.1 Å². The minimum Gasteiger partial charge on any atom is -0.450 e. The van der Waals surface area contributed by atoms with E-state index in [9.17, 15) is 14.4 Å². The maximum Gasteiger partial charge on any atom is 0.380 e. The maximum absolute atomic E-state index is 12.6. The minimum atomic E-state index is -1.09. The number of nitrogens with one attached hydrogen (secondary N) is 1. The van der Waals surface area contributed by atoms with E-state index in [1.54, 1.807) is 30.7 Å². The fourth-order valence-corrected chi connectivity index (χ4v) is 2.92. The molecule has 0 fully saturated rings. The lowest BCUT2D eigenvalue weighted by Gasteiger charge is -2.07. The molecule has 1 aromatic heterocycles. The summed E-state index contributed by atoms with van der Waals surface area (Å²) in [5.41, 5.74) is 3.54. The second-order valence-electron chi connectivity index (χ2n) is 6.61. The van der Waals surface area contributed by atoms with Gasteiger partial charge in [-0.3, -0.25) is 9.59 Å². The van der Waals surface area contributed by atoms with E-state index in [1.807, 2.05) is 49.4 Å². The van der Waals surface area contributed by atoms with Crippen LogP contribution in [0, 0.1) is 20.8 Å². The molecule has 0 aliphatic rings. The first-order valence-electron chi connectivity index (χ1n) is 9.06. The van der Waals surface area contributed by atoms with E-state index >= 15 is 0 Å². The largest absolute Gasteiger partial charge is 0.450 e. The summed E-state index contributed by atoms with van der Waals surface area (Å²) in [7, 11) is 0. The molecule has 7 heteroatoms. The minimum absolute atomic E-state index is 0.179. The molecular formula is C22H21N3O4. The van der Waals surface area contributed by atoms with Gasteiger partial charge >= 0.3 is 5.97 Å². The van der Waals surface area contributed by atoms with Crippen molar-refractivity contribution in [1.82, 2.24) is 9.78 Å². The lowest BCUT2D eigenvalue weighted by atomic mass is 10.1. The Morgan fingerprint density at radius 3 is 2.28 bits per heavy atom. The van der Waals surface area contributed by atoms with E-state index in [0.717, 1.165) is 11.3 Å². The first kappa shape index (κ1) is 20.0. The molecule has 0 spiro atoms. The van der Waals surface area contributed by atoms with Crippen molar-refractivity contribution in [3.63, 3.8) is 0 Å². The molecule has 0 atom stereocenters. The van der Waals surface area contributed by atoms with Crippen LogP contribution in [0.5, 0.6) is 0 Å². The Morgan fingerprint density at radius 1 is 0.966 bits per heavy atom. The third-order valence-electron chi connectivity index (χ3n) is 4.37. The number of benzene rings is 2. The van der Waals surface area contributed by atoms with Gasteiger partial charge in [-0.1, -0.05) is 35.9 Å². The Bertz CT molecular complexity index is 1050. The highest BCUT2D eigenvalue weighted by molar-refractivity contribution is 6.41. The average Bonchev–Trinajstić information content (AvgIpc) is 3.02. The Kier molecular flexibility index (Phi) is 5.87. The summed E-state index contributed by atoms with van der Waals surface area (Å²) in [6.07, 6.45) is 0. The summed E-state index contributed by atoms with van der Waals surface area (Å²) in [5, 5.41) is 6.96. The van der Waals surface area contributed by atoms with Gasteiger partial charge in [0.25, 0.3) is 11.7 Å². The summed E-state index contributed by atoms with van der Waals surface area (Å²) in [4.78, 5) is 36.8. The first-order chi connectivity index (χ1) is 13.9. The van der Waals surface area contributed by atoms with Crippen molar-refractivity contribution < 1.29 is 19.1 Å². The van der Waals surface area contributed by atoms with Gasteiger partial charge in [0.05, 0.1) is 22.6 Å². The van der Waals surface area contributed by atoms with E-state index in [-0.39, 0.29) is 5.56 Å². The quantitative estimate of drug-likeness (QED) is 0.396. The highest BCUT2D eigenvalue weighted by Gasteiger charge is 2.26. The van der Waals surface area contributed by atoms with Gasteiger partial charge in [0.15, 0.2) is 6.61 Å². The van der Waals surface area contributed by atoms with Crippen LogP contribution >= 0.6 is 0 Å². The predicted octanol–water partition coefficient (Wildman–Crippen LogP) is 3.16. The lowest BCUT2D eigenvalue weighted by Crippen LogP contribution is -2.25. The summed E-state index contributed by atoms with van der Waals surface area (Å²) < 4.78 is 6.50. The van der Waals surface area contributed by atoms with Crippen LogP contribution in [0.25, 0.3) is 5.69 Å². The number of rotatable bonds is 6. The molecule has 3 rings (SSSR count). The van der Waals surface area contributed by atoms with Crippen molar-refractivity contribution in [2.24, 2.45) is 0 Å². The molecule has 7 nitrogen and oxygen atoms in total. The third-order valence-corrected chi connectivity index (χ3v) is 4.37. The van der Waals surface area contributed by atoms with Crippen LogP contribution in [-0.4, -0.2) is 34.0 Å². The van der Waals surface area contributed by atoms with E-state index < -0.39 is 24.3 Å². The Morgan fingerprint density at radius 2 is 1.62 bits per heavy atom. The Labute approximate surface area is 168 Å². The first-order valence-corrected chi connectivity index (χ1v) is 9.06. The molecule has 3 aromatic rings. The zero-order valence-electron chi connectivity index (χ0n) is 16.4. The van der Waals surface area contributed by atoms with Gasteiger partial charge in [-0.15, -0.1) is 0 Å². The number of carbonyl (C=O) groups is 3. The van der Waals surface area contributed by atoms with E-state index in [1.165, 1.54) is 0 Å². The van der Waals surface area contributed by atoms with Gasteiger partial charge in [-0.05, 0) is 45.0 Å². The number of ketones is 1. The van der Waals surface area contributed by atoms with Gasteiger partial charge in [0.1, 0.15) is 0 Å². The molecule has 0 aliphatic carbocycles. The number of aryl methyl sites for hydroxylation is 2. The second-order valence-corrected chi connectivity index (χ2v) is 6.61. The molecule has 0 saturated heterocycles. The van der Waals surface area contributed by atoms with Crippen molar-refractivity contribution in [2.45, 2.75) is 20.8 Å². The van der Waals surface area contributed by atoms with Crippen LogP contribution in [0.2, 0.25) is 0 Å². The smallest absolute Gasteiger partial charge is 0.380 e. The van der Waals surface area contributed by atoms with Crippen molar-refractivity contribution in [2.75, 3.05) is 11.9 Å². The van der Waals surface area contributed by atoms with Crippen LogP contribution in [0.4, 0.5) is 5.69 Å². The molecule has 148 valence electrons. The summed E-state index contributed by atoms with van der Waals surface area (Å²) in [6.45, 7) is 4.74. The fourth-order valence-electron chi connectivity index (χ4n) is 2.92. The van der Waals surface area contributed by atoms with Crippen molar-refractivity contribution >= 4 is 23.3 Å². The predicted molar refractivity (Wildman–Crippen MR) is 108 cm³/mol. The van der Waals surface area contributed by atoms with Gasteiger partial charge in [0.2, 0.25) is 0 Å². The third kappa shape index (κ3) is 4.57. The zero-order chi connectivity index (χ0) is 21.0. The molecule has 0 aliphatic heterocycles. The number of aromatic nitrogens is 2. The number of esters is 1. The van der Waals surface area contributed by atoms with Crippen LogP contribution in [-0.2, 0) is 14.3 Å². The van der Waals surface area contributed by atoms with Crippen LogP contribution in [0.3, 0.4) is 0 Å². The Balaban J connectivity index is 1.66.